The summed E-state index contributed by atoms with van der Waals surface area (Å²) in [6.07, 6.45) is 4.83. The second-order valence-electron chi connectivity index (χ2n) is 11.0. The van der Waals surface area contributed by atoms with Crippen LogP contribution in [0.25, 0.3) is 22.3 Å². The third-order valence-electron chi connectivity index (χ3n) is 7.55. The number of aromatic nitrogens is 2. The van der Waals surface area contributed by atoms with Crippen molar-refractivity contribution < 1.29 is 22.5 Å². The lowest BCUT2D eigenvalue weighted by Crippen LogP contribution is -2.25. The van der Waals surface area contributed by atoms with Gasteiger partial charge in [0.2, 0.25) is 5.88 Å². The molecule has 0 aliphatic carbocycles. The van der Waals surface area contributed by atoms with Crippen molar-refractivity contribution in [3.63, 3.8) is 0 Å². The van der Waals surface area contributed by atoms with E-state index in [-0.39, 0.29) is 22.9 Å². The van der Waals surface area contributed by atoms with Gasteiger partial charge >= 0.3 is 0 Å². The Bertz CT molecular complexity index is 1970. The van der Waals surface area contributed by atoms with Crippen LogP contribution in [0.3, 0.4) is 0 Å². The van der Waals surface area contributed by atoms with Gasteiger partial charge < -0.3 is 15.5 Å². The molecule has 5 aromatic rings. The van der Waals surface area contributed by atoms with E-state index in [2.05, 4.69) is 26.1 Å². The zero-order valence-corrected chi connectivity index (χ0v) is 27.0. The summed E-state index contributed by atoms with van der Waals surface area (Å²) in [6.45, 7) is 1.07. The number of ether oxygens (including phenoxy) is 1. The Kier molecular flexibility index (Phi) is 11.7. The Balaban J connectivity index is 1.02. The minimum absolute atomic E-state index is 0.113. The molecule has 5 rings (SSSR count). The molecule has 0 atom stereocenters. The number of amides is 1. The van der Waals surface area contributed by atoms with Crippen LogP contribution in [0.1, 0.15) is 41.6 Å². The summed E-state index contributed by atoms with van der Waals surface area (Å²) in [7, 11) is -4.33. The Morgan fingerprint density at radius 3 is 2.17 bits per heavy atom. The number of unbranched alkanes of at least 4 members (excludes halogenated alkanes) is 3. The van der Waals surface area contributed by atoms with Crippen LogP contribution in [-0.2, 0) is 16.7 Å². The Labute approximate surface area is 279 Å². The molecule has 1 amide bonds. The van der Waals surface area contributed by atoms with Crippen LogP contribution in [0.15, 0.2) is 119 Å². The number of nitrogens with zero attached hydrogens (tertiary/aromatic N) is 1. The van der Waals surface area contributed by atoms with E-state index >= 15 is 0 Å². The number of carbonyl (C=O) groups is 1. The molecule has 0 aliphatic rings. The first-order chi connectivity index (χ1) is 23.3. The van der Waals surface area contributed by atoms with Gasteiger partial charge in [-0.25, -0.2) is 10.4 Å². The second kappa shape index (κ2) is 16.5. The fourth-order valence-electron chi connectivity index (χ4n) is 5.08. The summed E-state index contributed by atoms with van der Waals surface area (Å²) >= 11 is 0. The van der Waals surface area contributed by atoms with Crippen molar-refractivity contribution in [3.05, 3.63) is 131 Å². The lowest BCUT2D eigenvalue weighted by molar-refractivity contribution is 0.0952. The number of benzene rings is 3. The molecule has 5 N–H and O–H groups in total. The van der Waals surface area contributed by atoms with Crippen molar-refractivity contribution >= 4 is 21.8 Å². The van der Waals surface area contributed by atoms with Gasteiger partial charge in [-0.15, -0.1) is 0 Å². The van der Waals surface area contributed by atoms with E-state index in [9.17, 15) is 22.6 Å². The molecule has 12 heteroatoms. The molecule has 3 aromatic carbocycles. The second-order valence-corrected chi connectivity index (χ2v) is 12.4. The molecule has 0 saturated carbocycles. The maximum atomic E-state index is 12.9. The number of aromatic amines is 1. The maximum absolute atomic E-state index is 12.9. The molecule has 2 heterocycles. The van der Waals surface area contributed by atoms with Gasteiger partial charge in [-0.3, -0.25) is 19.1 Å². The van der Waals surface area contributed by atoms with E-state index in [0.717, 1.165) is 42.4 Å². The highest BCUT2D eigenvalue weighted by molar-refractivity contribution is 7.85. The van der Waals surface area contributed by atoms with Crippen LogP contribution in [0.5, 0.6) is 5.88 Å². The zero-order chi connectivity index (χ0) is 33.8. The molecule has 0 unspecified atom stereocenters. The number of H-pyrrole nitrogens is 1. The highest BCUT2D eigenvalue weighted by Crippen LogP contribution is 2.30. The third-order valence-corrected chi connectivity index (χ3v) is 8.50. The number of hydrazine groups is 1. The average molecular weight is 668 g/mol. The maximum Gasteiger partial charge on any atom is 0.294 e. The summed E-state index contributed by atoms with van der Waals surface area (Å²) in [6, 6.07) is 30.6. The highest BCUT2D eigenvalue weighted by Gasteiger charge is 2.15. The van der Waals surface area contributed by atoms with Crippen molar-refractivity contribution in [1.29, 1.82) is 0 Å². The standard InChI is InChI=1S/C36H37N5O6S/c42-34(29-19-20-33(38-24-29)41-39-25-28-17-9-10-18-32(28)48(44,45)46)37-21-11-1-2-12-22-47-36-31(27-15-7-4-8-16-27)23-30(35(43)40-36)26-13-5-3-6-14-26/h3-10,13-20,23-24,39H,1-2,11-12,21-22,25H2,(H,37,42)(H,38,41)(H,40,43)(H,44,45,46). The Morgan fingerprint density at radius 2 is 1.48 bits per heavy atom. The normalized spacial score (nSPS) is 11.2. The van der Waals surface area contributed by atoms with Crippen LogP contribution in [0, 0.1) is 0 Å². The smallest absolute Gasteiger partial charge is 0.294 e. The Morgan fingerprint density at radius 1 is 0.812 bits per heavy atom. The number of rotatable bonds is 16. The lowest BCUT2D eigenvalue weighted by atomic mass is 10.0. The number of nitrogens with one attached hydrogen (secondary N) is 4. The lowest BCUT2D eigenvalue weighted by Gasteiger charge is -2.13. The monoisotopic (exact) mass is 667 g/mol. The summed E-state index contributed by atoms with van der Waals surface area (Å²) in [5, 5.41) is 2.90. The van der Waals surface area contributed by atoms with Crippen molar-refractivity contribution in [3.8, 4) is 28.1 Å². The summed E-state index contributed by atoms with van der Waals surface area (Å²) in [5.41, 5.74) is 9.51. The molecule has 0 saturated heterocycles. The topological polar surface area (TPSA) is 163 Å². The van der Waals surface area contributed by atoms with E-state index < -0.39 is 10.1 Å². The number of carbonyl (C=O) groups excluding carboxylic acids is 1. The van der Waals surface area contributed by atoms with Crippen LogP contribution >= 0.6 is 0 Å². The van der Waals surface area contributed by atoms with E-state index in [4.69, 9.17) is 4.74 Å². The van der Waals surface area contributed by atoms with Gasteiger partial charge in [0.25, 0.3) is 21.6 Å². The van der Waals surface area contributed by atoms with Gasteiger partial charge in [0.15, 0.2) is 0 Å². The molecule has 48 heavy (non-hydrogen) atoms. The van der Waals surface area contributed by atoms with Crippen molar-refractivity contribution in [2.24, 2.45) is 0 Å². The van der Waals surface area contributed by atoms with Crippen LogP contribution in [0.4, 0.5) is 5.82 Å². The first-order valence-electron chi connectivity index (χ1n) is 15.6. The van der Waals surface area contributed by atoms with Crippen LogP contribution in [-0.4, -0.2) is 42.0 Å². The predicted octanol–water partition coefficient (Wildman–Crippen LogP) is 5.84. The molecule has 11 nitrogen and oxygen atoms in total. The van der Waals surface area contributed by atoms with Crippen molar-refractivity contribution in [2.75, 3.05) is 18.6 Å². The number of hydrogen-bond acceptors (Lipinski definition) is 8. The van der Waals surface area contributed by atoms with Crippen LogP contribution in [0.2, 0.25) is 0 Å². The molecule has 248 valence electrons. The minimum atomic E-state index is -4.33. The largest absolute Gasteiger partial charge is 0.478 e. The first kappa shape index (κ1) is 34.0. The molecular weight excluding hydrogens is 630 g/mol. The Hall–Kier alpha value is -5.30. The third kappa shape index (κ3) is 9.38. The molecular formula is C36H37N5O6S. The molecule has 0 bridgehead atoms. The quantitative estimate of drug-likeness (QED) is 0.0495. The number of hydrogen-bond donors (Lipinski definition) is 5. The number of anilines is 1. The van der Waals surface area contributed by atoms with Gasteiger partial charge in [-0.05, 0) is 53.8 Å². The molecule has 0 aliphatic heterocycles. The zero-order valence-electron chi connectivity index (χ0n) is 26.2. The van der Waals surface area contributed by atoms with Gasteiger partial charge in [0, 0.05) is 30.4 Å². The van der Waals surface area contributed by atoms with Crippen molar-refractivity contribution in [1.82, 2.24) is 20.7 Å². The van der Waals surface area contributed by atoms with Crippen molar-refractivity contribution in [2.45, 2.75) is 37.1 Å². The van der Waals surface area contributed by atoms with E-state index in [1.54, 1.807) is 24.3 Å². The van der Waals surface area contributed by atoms with Gasteiger partial charge in [-0.1, -0.05) is 91.7 Å². The fourth-order valence-corrected chi connectivity index (χ4v) is 5.81. The minimum Gasteiger partial charge on any atom is -0.478 e. The van der Waals surface area contributed by atoms with E-state index in [1.165, 1.54) is 18.3 Å². The summed E-state index contributed by atoms with van der Waals surface area (Å²) in [5.74, 6) is 0.653. The van der Waals surface area contributed by atoms with Gasteiger partial charge in [-0.2, -0.15) is 8.42 Å². The highest BCUT2D eigenvalue weighted by atomic mass is 32.2. The summed E-state index contributed by atoms with van der Waals surface area (Å²) < 4.78 is 38.5. The molecule has 2 aromatic heterocycles. The fraction of sp³-hybridized carbons (Fsp3) is 0.194. The van der Waals surface area contributed by atoms with Crippen LogP contribution < -0.4 is 26.5 Å². The first-order valence-corrected chi connectivity index (χ1v) is 17.0. The van der Waals surface area contributed by atoms with Gasteiger partial charge in [0.05, 0.1) is 17.1 Å². The number of pyridine rings is 2. The van der Waals surface area contributed by atoms with E-state index in [0.29, 0.717) is 41.5 Å². The van der Waals surface area contributed by atoms with E-state index in [1.807, 2.05) is 66.7 Å². The molecule has 0 spiro atoms. The molecule has 0 fully saturated rings. The summed E-state index contributed by atoms with van der Waals surface area (Å²) in [4.78, 5) is 32.5. The SMILES string of the molecule is O=C(NCCCCCCOc1[nH]c(=O)c(-c2ccccc2)cc1-c1ccccc1)c1ccc(NNCc2ccccc2S(=O)(=O)O)nc1. The van der Waals surface area contributed by atoms with Gasteiger partial charge in [0.1, 0.15) is 5.82 Å². The average Bonchev–Trinajstić information content (AvgIpc) is 3.10. The predicted molar refractivity (Wildman–Crippen MR) is 185 cm³/mol. The molecule has 0 radical (unpaired) electrons.